The molecule has 1 N–H and O–H groups in total. The van der Waals surface area contributed by atoms with Crippen LogP contribution >= 0.6 is 0 Å². The molecule has 0 spiro atoms. The maximum Gasteiger partial charge on any atom is 0.229 e. The Labute approximate surface area is 147 Å². The van der Waals surface area contributed by atoms with Gasteiger partial charge in [0.1, 0.15) is 0 Å². The SMILES string of the molecule is Cc1ccc(Nc2nc(N3CCCCC3)nc3nccnc23)cc1C. The lowest BCUT2D eigenvalue weighted by Crippen LogP contribution is -2.31. The first kappa shape index (κ1) is 15.7. The molecule has 4 rings (SSSR count). The van der Waals surface area contributed by atoms with E-state index in [-0.39, 0.29) is 0 Å². The van der Waals surface area contributed by atoms with E-state index < -0.39 is 0 Å². The summed E-state index contributed by atoms with van der Waals surface area (Å²) in [5, 5.41) is 3.41. The predicted molar refractivity (Wildman–Crippen MR) is 100 cm³/mol. The Hall–Kier alpha value is -2.76. The Morgan fingerprint density at radius 1 is 0.920 bits per heavy atom. The summed E-state index contributed by atoms with van der Waals surface area (Å²) in [7, 11) is 0. The van der Waals surface area contributed by atoms with E-state index in [1.54, 1.807) is 12.4 Å². The number of rotatable bonds is 3. The van der Waals surface area contributed by atoms with Gasteiger partial charge >= 0.3 is 0 Å². The molecule has 0 atom stereocenters. The molecule has 0 unspecified atom stereocenters. The van der Waals surface area contributed by atoms with Crippen molar-refractivity contribution in [2.24, 2.45) is 0 Å². The molecule has 0 bridgehead atoms. The van der Waals surface area contributed by atoms with E-state index in [1.165, 1.54) is 30.4 Å². The van der Waals surface area contributed by atoms with Crippen molar-refractivity contribution in [1.82, 2.24) is 19.9 Å². The van der Waals surface area contributed by atoms with Gasteiger partial charge in [0.05, 0.1) is 0 Å². The third-order valence-electron chi connectivity index (χ3n) is 4.73. The molecular weight excluding hydrogens is 312 g/mol. The Morgan fingerprint density at radius 3 is 2.52 bits per heavy atom. The highest BCUT2D eigenvalue weighted by Crippen LogP contribution is 2.26. The Kier molecular flexibility index (Phi) is 4.17. The third kappa shape index (κ3) is 3.24. The fraction of sp³-hybridized carbons (Fsp3) is 0.368. The maximum absolute atomic E-state index is 4.77. The molecule has 1 fully saturated rings. The number of anilines is 3. The van der Waals surface area contributed by atoms with Crippen LogP contribution < -0.4 is 10.2 Å². The van der Waals surface area contributed by atoms with Crippen molar-refractivity contribution in [2.45, 2.75) is 33.1 Å². The van der Waals surface area contributed by atoms with Gasteiger partial charge in [0, 0.05) is 31.2 Å². The lowest BCUT2D eigenvalue weighted by atomic mass is 10.1. The van der Waals surface area contributed by atoms with Gasteiger partial charge in [-0.15, -0.1) is 0 Å². The largest absolute Gasteiger partial charge is 0.341 e. The second kappa shape index (κ2) is 6.63. The van der Waals surface area contributed by atoms with Crippen molar-refractivity contribution < 1.29 is 0 Å². The van der Waals surface area contributed by atoms with E-state index in [2.05, 4.69) is 57.2 Å². The number of aryl methyl sites for hydroxylation is 2. The van der Waals surface area contributed by atoms with Gasteiger partial charge in [-0.2, -0.15) is 9.97 Å². The average Bonchev–Trinajstić information content (AvgIpc) is 2.65. The third-order valence-corrected chi connectivity index (χ3v) is 4.73. The highest BCUT2D eigenvalue weighted by molar-refractivity contribution is 5.85. The number of hydrogen-bond acceptors (Lipinski definition) is 6. The summed E-state index contributed by atoms with van der Waals surface area (Å²) in [5.41, 5.74) is 4.84. The molecule has 0 amide bonds. The highest BCUT2D eigenvalue weighted by atomic mass is 15.3. The number of aromatic nitrogens is 4. The Morgan fingerprint density at radius 2 is 1.72 bits per heavy atom. The number of nitrogens with zero attached hydrogens (tertiary/aromatic N) is 5. The number of nitrogens with one attached hydrogen (secondary N) is 1. The van der Waals surface area contributed by atoms with Crippen molar-refractivity contribution in [3.63, 3.8) is 0 Å². The van der Waals surface area contributed by atoms with Gasteiger partial charge in [0.25, 0.3) is 0 Å². The first-order chi connectivity index (χ1) is 12.2. The maximum atomic E-state index is 4.77. The van der Waals surface area contributed by atoms with E-state index in [0.717, 1.165) is 24.7 Å². The zero-order chi connectivity index (χ0) is 17.2. The predicted octanol–water partition coefficient (Wildman–Crippen LogP) is 3.77. The van der Waals surface area contributed by atoms with Gasteiger partial charge in [0.15, 0.2) is 17.0 Å². The topological polar surface area (TPSA) is 66.8 Å². The molecule has 0 aliphatic carbocycles. The van der Waals surface area contributed by atoms with Crippen LogP contribution in [0.2, 0.25) is 0 Å². The summed E-state index contributed by atoms with van der Waals surface area (Å²) in [6, 6.07) is 6.30. The number of benzene rings is 1. The molecule has 3 heterocycles. The van der Waals surface area contributed by atoms with E-state index in [4.69, 9.17) is 4.98 Å². The van der Waals surface area contributed by atoms with Crippen LogP contribution in [0.4, 0.5) is 17.5 Å². The van der Waals surface area contributed by atoms with E-state index in [9.17, 15) is 0 Å². The normalized spacial score (nSPS) is 14.7. The number of hydrogen-bond donors (Lipinski definition) is 1. The van der Waals surface area contributed by atoms with Crippen LogP contribution in [0, 0.1) is 13.8 Å². The van der Waals surface area contributed by atoms with Gasteiger partial charge in [-0.25, -0.2) is 9.97 Å². The molecule has 3 aromatic rings. The minimum atomic E-state index is 0.629. The number of fused-ring (bicyclic) bond motifs is 1. The van der Waals surface area contributed by atoms with Crippen molar-refractivity contribution >= 4 is 28.6 Å². The van der Waals surface area contributed by atoms with Crippen LogP contribution in [0.3, 0.4) is 0 Å². The van der Waals surface area contributed by atoms with E-state index >= 15 is 0 Å². The highest BCUT2D eigenvalue weighted by Gasteiger charge is 2.17. The first-order valence-corrected chi connectivity index (χ1v) is 8.79. The molecule has 1 saturated heterocycles. The standard InChI is InChI=1S/C19H22N6/c1-13-6-7-15(12-14(13)2)22-18-16-17(21-9-8-20-16)23-19(24-18)25-10-4-3-5-11-25/h6-9,12H,3-5,10-11H2,1-2H3,(H,21,22,23,24). The number of piperidine rings is 1. The molecule has 1 aromatic carbocycles. The fourth-order valence-electron chi connectivity index (χ4n) is 3.13. The summed E-state index contributed by atoms with van der Waals surface area (Å²) in [6.45, 7) is 6.21. The molecular formula is C19H22N6. The molecule has 6 heteroatoms. The summed E-state index contributed by atoms with van der Waals surface area (Å²) < 4.78 is 0. The van der Waals surface area contributed by atoms with Crippen LogP contribution in [-0.4, -0.2) is 33.0 Å². The van der Waals surface area contributed by atoms with Crippen LogP contribution in [0.5, 0.6) is 0 Å². The molecule has 0 saturated carbocycles. The van der Waals surface area contributed by atoms with Crippen molar-refractivity contribution in [2.75, 3.05) is 23.3 Å². The average molecular weight is 334 g/mol. The van der Waals surface area contributed by atoms with Crippen LogP contribution in [0.1, 0.15) is 30.4 Å². The zero-order valence-corrected chi connectivity index (χ0v) is 14.7. The fourth-order valence-corrected chi connectivity index (χ4v) is 3.13. The van der Waals surface area contributed by atoms with Gasteiger partial charge in [0.2, 0.25) is 5.95 Å². The lowest BCUT2D eigenvalue weighted by Gasteiger charge is -2.27. The quantitative estimate of drug-likeness (QED) is 0.786. The van der Waals surface area contributed by atoms with E-state index in [0.29, 0.717) is 17.0 Å². The molecule has 6 nitrogen and oxygen atoms in total. The monoisotopic (exact) mass is 334 g/mol. The van der Waals surface area contributed by atoms with Crippen LogP contribution in [0.25, 0.3) is 11.2 Å². The second-order valence-electron chi connectivity index (χ2n) is 6.57. The van der Waals surface area contributed by atoms with E-state index in [1.807, 2.05) is 0 Å². The Balaban J connectivity index is 1.76. The minimum absolute atomic E-state index is 0.629. The summed E-state index contributed by atoms with van der Waals surface area (Å²) in [4.78, 5) is 20.5. The van der Waals surface area contributed by atoms with Gasteiger partial charge < -0.3 is 10.2 Å². The molecule has 2 aromatic heterocycles. The first-order valence-electron chi connectivity index (χ1n) is 8.79. The molecule has 128 valence electrons. The van der Waals surface area contributed by atoms with Crippen LogP contribution in [0.15, 0.2) is 30.6 Å². The van der Waals surface area contributed by atoms with Crippen LogP contribution in [-0.2, 0) is 0 Å². The zero-order valence-electron chi connectivity index (χ0n) is 14.7. The molecule has 25 heavy (non-hydrogen) atoms. The smallest absolute Gasteiger partial charge is 0.229 e. The van der Waals surface area contributed by atoms with Crippen molar-refractivity contribution in [3.8, 4) is 0 Å². The lowest BCUT2D eigenvalue weighted by molar-refractivity contribution is 0.569. The minimum Gasteiger partial charge on any atom is -0.341 e. The van der Waals surface area contributed by atoms with Gasteiger partial charge in [-0.05, 0) is 56.4 Å². The molecule has 1 aliphatic rings. The summed E-state index contributed by atoms with van der Waals surface area (Å²) >= 11 is 0. The second-order valence-corrected chi connectivity index (χ2v) is 6.57. The van der Waals surface area contributed by atoms with Crippen molar-refractivity contribution in [1.29, 1.82) is 0 Å². The van der Waals surface area contributed by atoms with Crippen molar-refractivity contribution in [3.05, 3.63) is 41.7 Å². The summed E-state index contributed by atoms with van der Waals surface area (Å²) in [6.07, 6.45) is 6.99. The van der Waals surface area contributed by atoms with Gasteiger partial charge in [-0.3, -0.25) is 0 Å². The van der Waals surface area contributed by atoms with Gasteiger partial charge in [-0.1, -0.05) is 6.07 Å². The Bertz CT molecular complexity index is 902. The molecule has 0 radical (unpaired) electrons. The molecule has 1 aliphatic heterocycles. The summed E-state index contributed by atoms with van der Waals surface area (Å²) in [5.74, 6) is 1.45.